The lowest BCUT2D eigenvalue weighted by Gasteiger charge is -2.20. The van der Waals surface area contributed by atoms with Crippen molar-refractivity contribution in [1.82, 2.24) is 15.2 Å². The van der Waals surface area contributed by atoms with Gasteiger partial charge in [0.2, 0.25) is 5.95 Å². The predicted molar refractivity (Wildman–Crippen MR) is 109 cm³/mol. The number of aromatic nitrogens is 3. The molecule has 140 valence electrons. The summed E-state index contributed by atoms with van der Waals surface area (Å²) >= 11 is 5.89. The Labute approximate surface area is 164 Å². The van der Waals surface area contributed by atoms with Crippen molar-refractivity contribution in [2.45, 2.75) is 32.9 Å². The molecule has 7 heteroatoms. The largest absolute Gasteiger partial charge is 0.489 e. The Morgan fingerprint density at radius 2 is 1.70 bits per heavy atom. The maximum atomic E-state index is 5.89. The highest BCUT2D eigenvalue weighted by atomic mass is 35.5. The fourth-order valence-electron chi connectivity index (χ4n) is 2.28. The van der Waals surface area contributed by atoms with Crippen molar-refractivity contribution in [2.75, 3.05) is 10.6 Å². The maximum absolute atomic E-state index is 5.89. The molecule has 0 atom stereocenters. The summed E-state index contributed by atoms with van der Waals surface area (Å²) < 4.78 is 5.79. The lowest BCUT2D eigenvalue weighted by Crippen LogP contribution is -2.27. The van der Waals surface area contributed by atoms with E-state index in [1.54, 1.807) is 6.20 Å². The summed E-state index contributed by atoms with van der Waals surface area (Å²) in [7, 11) is 0. The molecule has 6 nitrogen and oxygen atoms in total. The second kappa shape index (κ2) is 8.22. The summed E-state index contributed by atoms with van der Waals surface area (Å²) in [6.45, 7) is 6.61. The summed E-state index contributed by atoms with van der Waals surface area (Å²) in [5.41, 5.74) is 1.81. The van der Waals surface area contributed by atoms with Crippen LogP contribution in [0.2, 0.25) is 5.02 Å². The standard InChI is InChI=1S/C20H22ClN5O/c1-20(2,3)25-19-24-18(12-22-26-19)23-16-8-10-17(11-9-16)27-13-14-4-6-15(21)7-5-14/h4-12H,13H2,1-3H3,(H2,23,24,25,26). The van der Waals surface area contributed by atoms with Gasteiger partial charge in [-0.2, -0.15) is 10.1 Å². The number of rotatable bonds is 6. The van der Waals surface area contributed by atoms with Gasteiger partial charge in [-0.3, -0.25) is 0 Å². The normalized spacial score (nSPS) is 11.1. The van der Waals surface area contributed by atoms with E-state index in [1.807, 2.05) is 69.3 Å². The van der Waals surface area contributed by atoms with Gasteiger partial charge in [-0.1, -0.05) is 23.7 Å². The van der Waals surface area contributed by atoms with Crippen molar-refractivity contribution in [2.24, 2.45) is 0 Å². The van der Waals surface area contributed by atoms with Gasteiger partial charge >= 0.3 is 0 Å². The monoisotopic (exact) mass is 383 g/mol. The minimum absolute atomic E-state index is 0.136. The average molecular weight is 384 g/mol. The van der Waals surface area contributed by atoms with Crippen LogP contribution in [-0.2, 0) is 6.61 Å². The fraction of sp³-hybridized carbons (Fsp3) is 0.250. The summed E-state index contributed by atoms with van der Waals surface area (Å²) in [6, 6.07) is 15.3. The average Bonchev–Trinajstić information content (AvgIpc) is 2.61. The van der Waals surface area contributed by atoms with E-state index in [1.165, 1.54) is 0 Å². The van der Waals surface area contributed by atoms with E-state index in [0.29, 0.717) is 23.4 Å². The van der Waals surface area contributed by atoms with Gasteiger partial charge < -0.3 is 15.4 Å². The van der Waals surface area contributed by atoms with Gasteiger partial charge in [0.15, 0.2) is 5.82 Å². The van der Waals surface area contributed by atoms with Crippen LogP contribution in [0.25, 0.3) is 0 Å². The van der Waals surface area contributed by atoms with Gasteiger partial charge in [0.25, 0.3) is 0 Å². The van der Waals surface area contributed by atoms with E-state index in [4.69, 9.17) is 16.3 Å². The molecule has 2 N–H and O–H groups in total. The number of benzene rings is 2. The molecule has 1 aromatic heterocycles. The molecule has 2 aromatic carbocycles. The molecule has 27 heavy (non-hydrogen) atoms. The minimum Gasteiger partial charge on any atom is -0.489 e. The van der Waals surface area contributed by atoms with Crippen LogP contribution in [-0.4, -0.2) is 20.7 Å². The Kier molecular flexibility index (Phi) is 5.76. The van der Waals surface area contributed by atoms with Crippen LogP contribution in [0.3, 0.4) is 0 Å². The molecular weight excluding hydrogens is 362 g/mol. The first-order valence-corrected chi connectivity index (χ1v) is 8.97. The van der Waals surface area contributed by atoms with Gasteiger partial charge in [0.05, 0.1) is 6.20 Å². The van der Waals surface area contributed by atoms with Crippen LogP contribution in [0.1, 0.15) is 26.3 Å². The summed E-state index contributed by atoms with van der Waals surface area (Å²) in [4.78, 5) is 4.42. The molecule has 0 bridgehead atoms. The Morgan fingerprint density at radius 1 is 1.00 bits per heavy atom. The predicted octanol–water partition coefficient (Wildman–Crippen LogP) is 5.06. The topological polar surface area (TPSA) is 72.0 Å². The zero-order valence-electron chi connectivity index (χ0n) is 15.5. The quantitative estimate of drug-likeness (QED) is 0.620. The first-order chi connectivity index (χ1) is 12.9. The van der Waals surface area contributed by atoms with Crippen LogP contribution >= 0.6 is 11.6 Å². The number of hydrogen-bond donors (Lipinski definition) is 2. The van der Waals surface area contributed by atoms with Crippen molar-refractivity contribution in [1.29, 1.82) is 0 Å². The molecule has 3 aromatic rings. The lowest BCUT2D eigenvalue weighted by molar-refractivity contribution is 0.306. The van der Waals surface area contributed by atoms with Gasteiger partial charge in [-0.05, 0) is 62.7 Å². The molecule has 0 aliphatic carbocycles. The number of ether oxygens (including phenoxy) is 1. The smallest absolute Gasteiger partial charge is 0.245 e. The van der Waals surface area contributed by atoms with Gasteiger partial charge in [0, 0.05) is 16.2 Å². The number of halogens is 1. The van der Waals surface area contributed by atoms with Crippen molar-refractivity contribution in [3.05, 3.63) is 65.3 Å². The van der Waals surface area contributed by atoms with E-state index in [0.717, 1.165) is 17.0 Å². The Balaban J connectivity index is 1.59. The van der Waals surface area contributed by atoms with E-state index in [2.05, 4.69) is 25.8 Å². The summed E-state index contributed by atoms with van der Waals surface area (Å²) in [5.74, 6) is 1.88. The third kappa shape index (κ3) is 6.11. The van der Waals surface area contributed by atoms with Gasteiger partial charge in [-0.25, -0.2) is 0 Å². The molecule has 0 spiro atoms. The summed E-state index contributed by atoms with van der Waals surface area (Å²) in [5, 5.41) is 15.1. The molecular formula is C20H22ClN5O. The third-order valence-electron chi connectivity index (χ3n) is 3.49. The molecule has 0 saturated carbocycles. The maximum Gasteiger partial charge on any atom is 0.245 e. The molecule has 0 saturated heterocycles. The van der Waals surface area contributed by atoms with Crippen LogP contribution in [0, 0.1) is 0 Å². The highest BCUT2D eigenvalue weighted by Crippen LogP contribution is 2.20. The highest BCUT2D eigenvalue weighted by Gasteiger charge is 2.12. The van der Waals surface area contributed by atoms with Crippen LogP contribution in [0.15, 0.2) is 54.7 Å². The second-order valence-corrected chi connectivity index (χ2v) is 7.54. The van der Waals surface area contributed by atoms with Crippen LogP contribution in [0.4, 0.5) is 17.5 Å². The fourth-order valence-corrected chi connectivity index (χ4v) is 2.41. The lowest BCUT2D eigenvalue weighted by atomic mass is 10.1. The zero-order valence-corrected chi connectivity index (χ0v) is 16.3. The highest BCUT2D eigenvalue weighted by molar-refractivity contribution is 6.30. The Bertz CT molecular complexity index is 876. The zero-order chi connectivity index (χ0) is 19.3. The third-order valence-corrected chi connectivity index (χ3v) is 3.74. The molecule has 0 aliphatic rings. The number of nitrogens with zero attached hydrogens (tertiary/aromatic N) is 3. The summed E-state index contributed by atoms with van der Waals surface area (Å²) in [6.07, 6.45) is 1.58. The second-order valence-electron chi connectivity index (χ2n) is 7.10. The molecule has 0 unspecified atom stereocenters. The Hall–Kier alpha value is -2.86. The number of anilines is 3. The van der Waals surface area contributed by atoms with Gasteiger partial charge in [-0.15, -0.1) is 5.10 Å². The van der Waals surface area contributed by atoms with E-state index in [-0.39, 0.29) is 5.54 Å². The SMILES string of the molecule is CC(C)(C)Nc1nncc(Nc2ccc(OCc3ccc(Cl)cc3)cc2)n1. The molecule has 1 heterocycles. The van der Waals surface area contributed by atoms with Crippen molar-refractivity contribution in [3.63, 3.8) is 0 Å². The van der Waals surface area contributed by atoms with Crippen molar-refractivity contribution < 1.29 is 4.74 Å². The first-order valence-electron chi connectivity index (χ1n) is 8.60. The van der Waals surface area contributed by atoms with E-state index >= 15 is 0 Å². The van der Waals surface area contributed by atoms with E-state index in [9.17, 15) is 0 Å². The first kappa shape index (κ1) is 18.9. The molecule has 0 amide bonds. The van der Waals surface area contributed by atoms with Gasteiger partial charge in [0.1, 0.15) is 12.4 Å². The van der Waals surface area contributed by atoms with E-state index < -0.39 is 0 Å². The van der Waals surface area contributed by atoms with Crippen molar-refractivity contribution >= 4 is 29.1 Å². The number of nitrogens with one attached hydrogen (secondary N) is 2. The molecule has 3 rings (SSSR count). The van der Waals surface area contributed by atoms with Crippen molar-refractivity contribution in [3.8, 4) is 5.75 Å². The van der Waals surface area contributed by atoms with Crippen LogP contribution in [0.5, 0.6) is 5.75 Å². The molecule has 0 fully saturated rings. The molecule has 0 aliphatic heterocycles. The van der Waals surface area contributed by atoms with Crippen LogP contribution < -0.4 is 15.4 Å². The number of hydrogen-bond acceptors (Lipinski definition) is 6. The Morgan fingerprint density at radius 3 is 2.37 bits per heavy atom. The molecule has 0 radical (unpaired) electrons. The minimum atomic E-state index is -0.136.